The molecule has 0 unspecified atom stereocenters. The van der Waals surface area contributed by atoms with Crippen LogP contribution in [0.1, 0.15) is 36.0 Å². The Kier molecular flexibility index (Phi) is 4.84. The van der Waals surface area contributed by atoms with Crippen molar-refractivity contribution in [2.45, 2.75) is 30.6 Å². The molecule has 0 aromatic heterocycles. The lowest BCUT2D eigenvalue weighted by atomic mass is 10.1. The van der Waals surface area contributed by atoms with Crippen LogP contribution in [0.25, 0.3) is 0 Å². The van der Waals surface area contributed by atoms with Gasteiger partial charge in [0.2, 0.25) is 10.0 Å². The molecule has 116 valence electrons. The van der Waals surface area contributed by atoms with E-state index in [2.05, 4.69) is 4.90 Å². The zero-order valence-electron chi connectivity index (χ0n) is 12.0. The molecule has 0 radical (unpaired) electrons. The van der Waals surface area contributed by atoms with Crippen molar-refractivity contribution in [3.8, 4) is 0 Å². The number of esters is 1. The van der Waals surface area contributed by atoms with Gasteiger partial charge in [-0.05, 0) is 31.0 Å². The highest BCUT2D eigenvalue weighted by molar-refractivity contribution is 7.89. The van der Waals surface area contributed by atoms with Gasteiger partial charge in [0.25, 0.3) is 0 Å². The fraction of sp³-hybridized carbons (Fsp3) is 0.500. The summed E-state index contributed by atoms with van der Waals surface area (Å²) in [5, 5.41) is 5.13. The van der Waals surface area contributed by atoms with Gasteiger partial charge in [0, 0.05) is 13.1 Å². The largest absolute Gasteiger partial charge is 0.465 e. The number of rotatable bonds is 3. The van der Waals surface area contributed by atoms with Crippen LogP contribution in [0.2, 0.25) is 0 Å². The number of carbonyl (C=O) groups excluding carboxylic acids is 1. The minimum atomic E-state index is -3.85. The second kappa shape index (κ2) is 6.44. The first-order chi connectivity index (χ1) is 9.93. The molecule has 1 aromatic rings. The van der Waals surface area contributed by atoms with E-state index in [1.165, 1.54) is 32.1 Å². The number of sulfonamides is 1. The fourth-order valence-electron chi connectivity index (χ4n) is 2.55. The Labute approximate surface area is 124 Å². The van der Waals surface area contributed by atoms with E-state index >= 15 is 0 Å². The number of benzene rings is 1. The summed E-state index contributed by atoms with van der Waals surface area (Å²) in [5.41, 5.74) is 0.946. The number of methoxy groups -OCH3 is 1. The van der Waals surface area contributed by atoms with Crippen molar-refractivity contribution >= 4 is 21.7 Å². The Morgan fingerprint density at radius 3 is 2.33 bits per heavy atom. The topological polar surface area (TPSA) is 89.7 Å². The van der Waals surface area contributed by atoms with Crippen molar-refractivity contribution in [3.63, 3.8) is 0 Å². The van der Waals surface area contributed by atoms with Crippen molar-refractivity contribution in [1.82, 2.24) is 0 Å². The molecule has 6 nitrogen and oxygen atoms in total. The number of hydrogen-bond acceptors (Lipinski definition) is 5. The zero-order chi connectivity index (χ0) is 15.5. The van der Waals surface area contributed by atoms with Crippen LogP contribution in [0.4, 0.5) is 5.69 Å². The van der Waals surface area contributed by atoms with Gasteiger partial charge in [-0.15, -0.1) is 0 Å². The molecule has 21 heavy (non-hydrogen) atoms. The van der Waals surface area contributed by atoms with E-state index < -0.39 is 16.0 Å². The highest BCUT2D eigenvalue weighted by Gasteiger charge is 2.21. The third-order valence-electron chi connectivity index (χ3n) is 3.65. The Morgan fingerprint density at radius 2 is 1.81 bits per heavy atom. The smallest absolute Gasteiger partial charge is 0.340 e. The molecule has 1 fully saturated rings. The van der Waals surface area contributed by atoms with Crippen molar-refractivity contribution in [2.75, 3.05) is 25.1 Å². The van der Waals surface area contributed by atoms with Gasteiger partial charge >= 0.3 is 5.97 Å². The van der Waals surface area contributed by atoms with Gasteiger partial charge in [-0.25, -0.2) is 18.4 Å². The molecule has 2 rings (SSSR count). The lowest BCUT2D eigenvalue weighted by molar-refractivity contribution is 0.0601. The van der Waals surface area contributed by atoms with Gasteiger partial charge in [-0.1, -0.05) is 12.8 Å². The first kappa shape index (κ1) is 15.8. The number of hydrogen-bond donors (Lipinski definition) is 1. The Bertz CT molecular complexity index is 620. The van der Waals surface area contributed by atoms with Gasteiger partial charge in [0.05, 0.1) is 23.3 Å². The average molecular weight is 312 g/mol. The van der Waals surface area contributed by atoms with Crippen LogP contribution in [-0.2, 0) is 14.8 Å². The van der Waals surface area contributed by atoms with Gasteiger partial charge in [-0.2, -0.15) is 0 Å². The molecular weight excluding hydrogens is 292 g/mol. The Balaban J connectivity index is 2.46. The van der Waals surface area contributed by atoms with Gasteiger partial charge in [0.15, 0.2) is 0 Å². The summed E-state index contributed by atoms with van der Waals surface area (Å²) in [5.74, 6) is -0.556. The molecule has 1 aromatic carbocycles. The standard InChI is InChI=1S/C14H20N2O4S/c1-20-14(17)12-10-11(21(15,18)19)6-7-13(12)16-8-4-2-3-5-9-16/h6-7,10H,2-5,8-9H2,1H3,(H2,15,18,19). The molecule has 7 heteroatoms. The molecule has 0 spiro atoms. The third kappa shape index (κ3) is 3.74. The normalized spacial score (nSPS) is 16.4. The minimum Gasteiger partial charge on any atom is -0.465 e. The molecule has 0 atom stereocenters. The summed E-state index contributed by atoms with van der Waals surface area (Å²) in [6.07, 6.45) is 4.44. The molecule has 0 saturated carbocycles. The molecule has 0 amide bonds. The number of carbonyl (C=O) groups is 1. The molecule has 1 aliphatic rings. The highest BCUT2D eigenvalue weighted by Crippen LogP contribution is 2.27. The van der Waals surface area contributed by atoms with E-state index in [9.17, 15) is 13.2 Å². The van der Waals surface area contributed by atoms with Crippen LogP contribution in [-0.4, -0.2) is 34.6 Å². The number of ether oxygens (including phenoxy) is 1. The maximum absolute atomic E-state index is 12.0. The highest BCUT2D eigenvalue weighted by atomic mass is 32.2. The van der Waals surface area contributed by atoms with Crippen LogP contribution >= 0.6 is 0 Å². The summed E-state index contributed by atoms with van der Waals surface area (Å²) in [6, 6.07) is 4.36. The van der Waals surface area contributed by atoms with Crippen LogP contribution in [0.3, 0.4) is 0 Å². The quantitative estimate of drug-likeness (QED) is 0.854. The summed E-state index contributed by atoms with van der Waals surface area (Å²) in [4.78, 5) is 14.0. The lowest BCUT2D eigenvalue weighted by Crippen LogP contribution is -2.26. The Hall–Kier alpha value is -1.60. The Morgan fingerprint density at radius 1 is 1.19 bits per heavy atom. The molecule has 0 aliphatic carbocycles. The van der Waals surface area contributed by atoms with Gasteiger partial charge in [0.1, 0.15) is 0 Å². The maximum Gasteiger partial charge on any atom is 0.340 e. The lowest BCUT2D eigenvalue weighted by Gasteiger charge is -2.25. The van der Waals surface area contributed by atoms with E-state index in [1.807, 2.05) is 0 Å². The molecular formula is C14H20N2O4S. The third-order valence-corrected chi connectivity index (χ3v) is 4.56. The fourth-order valence-corrected chi connectivity index (χ4v) is 3.09. The molecule has 1 heterocycles. The van der Waals surface area contributed by atoms with Crippen LogP contribution in [0.15, 0.2) is 23.1 Å². The monoisotopic (exact) mass is 312 g/mol. The van der Waals surface area contributed by atoms with Crippen molar-refractivity contribution in [3.05, 3.63) is 23.8 Å². The summed E-state index contributed by atoms with van der Waals surface area (Å²) in [6.45, 7) is 1.69. The van der Waals surface area contributed by atoms with Crippen LogP contribution in [0.5, 0.6) is 0 Å². The maximum atomic E-state index is 12.0. The molecule has 0 bridgehead atoms. The number of nitrogens with zero attached hydrogens (tertiary/aromatic N) is 1. The number of anilines is 1. The second-order valence-corrected chi connectivity index (χ2v) is 6.68. The SMILES string of the molecule is COC(=O)c1cc(S(N)(=O)=O)ccc1N1CCCCCC1. The van der Waals surface area contributed by atoms with E-state index in [0.717, 1.165) is 25.9 Å². The molecule has 2 N–H and O–H groups in total. The van der Waals surface area contributed by atoms with Crippen molar-refractivity contribution in [1.29, 1.82) is 0 Å². The predicted octanol–water partition coefficient (Wildman–Crippen LogP) is 1.50. The van der Waals surface area contributed by atoms with E-state index in [-0.39, 0.29) is 10.5 Å². The minimum absolute atomic E-state index is 0.0820. The van der Waals surface area contributed by atoms with Gasteiger partial charge < -0.3 is 9.64 Å². The van der Waals surface area contributed by atoms with Crippen LogP contribution < -0.4 is 10.0 Å². The van der Waals surface area contributed by atoms with Crippen molar-refractivity contribution < 1.29 is 17.9 Å². The number of nitrogens with two attached hydrogens (primary N) is 1. The summed E-state index contributed by atoms with van der Waals surface area (Å²) >= 11 is 0. The van der Waals surface area contributed by atoms with E-state index in [0.29, 0.717) is 5.69 Å². The molecule has 1 saturated heterocycles. The first-order valence-corrected chi connectivity index (χ1v) is 8.48. The summed E-state index contributed by atoms with van der Waals surface area (Å²) < 4.78 is 27.7. The van der Waals surface area contributed by atoms with Crippen molar-refractivity contribution in [2.24, 2.45) is 5.14 Å². The average Bonchev–Trinajstić information content (AvgIpc) is 2.73. The predicted molar refractivity (Wildman–Crippen MR) is 79.8 cm³/mol. The number of primary sulfonamides is 1. The van der Waals surface area contributed by atoms with Gasteiger partial charge in [-0.3, -0.25) is 0 Å². The van der Waals surface area contributed by atoms with E-state index in [1.54, 1.807) is 6.07 Å². The molecule has 1 aliphatic heterocycles. The second-order valence-electron chi connectivity index (χ2n) is 5.12. The van der Waals surface area contributed by atoms with E-state index in [4.69, 9.17) is 9.88 Å². The summed E-state index contributed by atoms with van der Waals surface area (Å²) in [7, 11) is -2.57. The zero-order valence-corrected chi connectivity index (χ0v) is 12.9. The first-order valence-electron chi connectivity index (χ1n) is 6.93. The van der Waals surface area contributed by atoms with Crippen LogP contribution in [0, 0.1) is 0 Å².